The average molecular weight is 425 g/mol. The minimum absolute atomic E-state index is 0.267. The van der Waals surface area contributed by atoms with Crippen molar-refractivity contribution in [2.75, 3.05) is 13.1 Å². The molecule has 3 aromatic rings. The second-order valence-corrected chi connectivity index (χ2v) is 10.0. The normalized spacial score (nSPS) is 29.5. The Morgan fingerprint density at radius 3 is 2.53 bits per heavy atom. The van der Waals surface area contributed by atoms with E-state index < -0.39 is 0 Å². The summed E-state index contributed by atoms with van der Waals surface area (Å²) < 4.78 is 0. The van der Waals surface area contributed by atoms with Crippen LogP contribution in [-0.4, -0.2) is 50.6 Å². The lowest BCUT2D eigenvalue weighted by Gasteiger charge is -2.35. The van der Waals surface area contributed by atoms with Gasteiger partial charge in [-0.15, -0.1) is 0 Å². The predicted molar refractivity (Wildman–Crippen MR) is 123 cm³/mol. The van der Waals surface area contributed by atoms with Crippen molar-refractivity contribution in [3.8, 4) is 11.3 Å². The molecule has 1 spiro atoms. The standard InChI is InChI=1S/C27H28N4O/c32-26-27-11-6-12-31(27)24(23-16-28-29-25(23)18-7-2-1-3-8-18)15-21(27)17-30(26)22-13-19-9-4-5-10-20(19)14-22/h1-5,7-10,16,21-22,24H,6,11-15,17H2,(H,28,29)/t21-,24-,27-/m0/s1. The summed E-state index contributed by atoms with van der Waals surface area (Å²) in [4.78, 5) is 18.9. The highest BCUT2D eigenvalue weighted by Gasteiger charge is 2.66. The van der Waals surface area contributed by atoms with E-state index >= 15 is 0 Å². The second kappa shape index (κ2) is 6.79. The van der Waals surface area contributed by atoms with Gasteiger partial charge in [0.2, 0.25) is 5.91 Å². The molecule has 1 aliphatic carbocycles. The number of carbonyl (C=O) groups is 1. The van der Waals surface area contributed by atoms with E-state index in [0.717, 1.165) is 50.9 Å². The molecule has 162 valence electrons. The van der Waals surface area contributed by atoms with Crippen LogP contribution in [0, 0.1) is 5.92 Å². The molecule has 32 heavy (non-hydrogen) atoms. The molecule has 2 aromatic carbocycles. The molecule has 5 nitrogen and oxygen atoms in total. The molecule has 0 radical (unpaired) electrons. The van der Waals surface area contributed by atoms with Gasteiger partial charge in [-0.3, -0.25) is 14.8 Å². The van der Waals surface area contributed by atoms with Gasteiger partial charge in [-0.1, -0.05) is 54.6 Å². The highest BCUT2D eigenvalue weighted by molar-refractivity contribution is 5.91. The van der Waals surface area contributed by atoms with Gasteiger partial charge in [0.15, 0.2) is 0 Å². The molecular weight excluding hydrogens is 396 g/mol. The van der Waals surface area contributed by atoms with Gasteiger partial charge in [-0.25, -0.2) is 0 Å². The van der Waals surface area contributed by atoms with E-state index in [1.54, 1.807) is 0 Å². The van der Waals surface area contributed by atoms with Crippen molar-refractivity contribution in [1.29, 1.82) is 0 Å². The summed E-state index contributed by atoms with van der Waals surface area (Å²) in [5.41, 5.74) is 6.07. The molecule has 1 N–H and O–H groups in total. The zero-order chi connectivity index (χ0) is 21.3. The Morgan fingerprint density at radius 2 is 1.75 bits per heavy atom. The fourth-order valence-electron chi connectivity index (χ4n) is 7.28. The number of aromatic nitrogens is 2. The van der Waals surface area contributed by atoms with Crippen molar-refractivity contribution < 1.29 is 4.79 Å². The number of H-pyrrole nitrogens is 1. The summed E-state index contributed by atoms with van der Waals surface area (Å²) in [6.45, 7) is 1.91. The molecule has 0 saturated carbocycles. The number of rotatable bonds is 3. The zero-order valence-electron chi connectivity index (χ0n) is 18.2. The smallest absolute Gasteiger partial charge is 0.243 e. The third-order valence-electron chi connectivity index (χ3n) is 8.64. The first kappa shape index (κ1) is 18.6. The van der Waals surface area contributed by atoms with Crippen molar-refractivity contribution >= 4 is 5.91 Å². The number of hydrogen-bond donors (Lipinski definition) is 1. The van der Waals surface area contributed by atoms with Crippen LogP contribution in [0.2, 0.25) is 0 Å². The van der Waals surface area contributed by atoms with Crippen molar-refractivity contribution in [1.82, 2.24) is 20.0 Å². The fourth-order valence-corrected chi connectivity index (χ4v) is 7.28. The van der Waals surface area contributed by atoms with Crippen molar-refractivity contribution in [2.24, 2.45) is 5.92 Å². The number of amides is 1. The quantitative estimate of drug-likeness (QED) is 0.692. The van der Waals surface area contributed by atoms with Gasteiger partial charge >= 0.3 is 0 Å². The molecule has 4 aliphatic rings. The fraction of sp³-hybridized carbons (Fsp3) is 0.407. The first-order chi connectivity index (χ1) is 15.8. The second-order valence-electron chi connectivity index (χ2n) is 10.0. The van der Waals surface area contributed by atoms with Gasteiger partial charge in [-0.05, 0) is 55.3 Å². The minimum atomic E-state index is -0.301. The maximum absolute atomic E-state index is 14.1. The molecular formula is C27H28N4O. The molecule has 7 rings (SSSR count). The van der Waals surface area contributed by atoms with Crippen LogP contribution in [0.1, 0.15) is 42.0 Å². The maximum atomic E-state index is 14.1. The minimum Gasteiger partial charge on any atom is -0.337 e. The van der Waals surface area contributed by atoms with Crippen LogP contribution in [-0.2, 0) is 17.6 Å². The van der Waals surface area contributed by atoms with Gasteiger partial charge in [-0.2, -0.15) is 5.10 Å². The predicted octanol–water partition coefficient (Wildman–Crippen LogP) is 3.98. The molecule has 3 atom stereocenters. The van der Waals surface area contributed by atoms with Crippen LogP contribution in [0.25, 0.3) is 11.3 Å². The SMILES string of the molecule is O=C1N(C2Cc3ccccc3C2)C[C@@H]2C[C@@H](c3cn[nH]c3-c3ccccc3)N3CCC[C@@]123. The topological polar surface area (TPSA) is 52.2 Å². The Hall–Kier alpha value is -2.92. The Balaban J connectivity index is 1.20. The van der Waals surface area contributed by atoms with Gasteiger partial charge in [0.05, 0.1) is 11.9 Å². The van der Waals surface area contributed by atoms with Gasteiger partial charge in [0, 0.05) is 30.1 Å². The maximum Gasteiger partial charge on any atom is 0.243 e. The number of likely N-dealkylation sites (tertiary alicyclic amines) is 1. The summed E-state index contributed by atoms with van der Waals surface area (Å²) in [7, 11) is 0. The van der Waals surface area contributed by atoms with E-state index in [1.165, 1.54) is 22.3 Å². The number of hydrogen-bond acceptors (Lipinski definition) is 3. The third-order valence-corrected chi connectivity index (χ3v) is 8.64. The summed E-state index contributed by atoms with van der Waals surface area (Å²) in [5, 5.41) is 7.67. The molecule has 1 amide bonds. The van der Waals surface area contributed by atoms with Gasteiger partial charge in [0.1, 0.15) is 5.54 Å². The number of aromatic amines is 1. The van der Waals surface area contributed by atoms with Crippen LogP contribution in [0.3, 0.4) is 0 Å². The Morgan fingerprint density at radius 1 is 1.00 bits per heavy atom. The van der Waals surface area contributed by atoms with E-state index in [1.807, 2.05) is 12.3 Å². The van der Waals surface area contributed by atoms with E-state index in [-0.39, 0.29) is 11.6 Å². The monoisotopic (exact) mass is 424 g/mol. The summed E-state index contributed by atoms with van der Waals surface area (Å²) in [6, 6.07) is 19.8. The number of carbonyl (C=O) groups excluding carboxylic acids is 1. The number of fused-ring (bicyclic) bond motifs is 1. The molecule has 1 aromatic heterocycles. The summed E-state index contributed by atoms with van der Waals surface area (Å²) in [5.74, 6) is 0.801. The molecule has 3 fully saturated rings. The highest BCUT2D eigenvalue weighted by Crippen LogP contribution is 2.57. The molecule has 4 heterocycles. The first-order valence-corrected chi connectivity index (χ1v) is 12.0. The molecule has 5 heteroatoms. The average Bonchev–Trinajstić information content (AvgIpc) is 3.62. The van der Waals surface area contributed by atoms with Crippen LogP contribution in [0.15, 0.2) is 60.8 Å². The van der Waals surface area contributed by atoms with Crippen molar-refractivity contribution in [2.45, 2.75) is 49.7 Å². The van der Waals surface area contributed by atoms with Gasteiger partial charge in [0.25, 0.3) is 0 Å². The van der Waals surface area contributed by atoms with E-state index in [0.29, 0.717) is 17.9 Å². The molecule has 3 aliphatic heterocycles. The Kier molecular flexibility index (Phi) is 3.95. The lowest BCUT2D eigenvalue weighted by Crippen LogP contribution is -2.51. The van der Waals surface area contributed by atoms with E-state index in [2.05, 4.69) is 68.5 Å². The zero-order valence-corrected chi connectivity index (χ0v) is 18.2. The first-order valence-electron chi connectivity index (χ1n) is 12.0. The van der Waals surface area contributed by atoms with E-state index in [4.69, 9.17) is 0 Å². The van der Waals surface area contributed by atoms with Crippen molar-refractivity contribution in [3.05, 3.63) is 77.5 Å². The molecule has 3 saturated heterocycles. The molecule has 0 bridgehead atoms. The number of nitrogens with zero attached hydrogens (tertiary/aromatic N) is 3. The van der Waals surface area contributed by atoms with Crippen LogP contribution < -0.4 is 0 Å². The van der Waals surface area contributed by atoms with Crippen LogP contribution in [0.4, 0.5) is 0 Å². The number of benzene rings is 2. The van der Waals surface area contributed by atoms with E-state index in [9.17, 15) is 4.79 Å². The third kappa shape index (κ3) is 2.43. The highest BCUT2D eigenvalue weighted by atomic mass is 16.2. The van der Waals surface area contributed by atoms with Crippen LogP contribution in [0.5, 0.6) is 0 Å². The lowest BCUT2D eigenvalue weighted by atomic mass is 9.85. The van der Waals surface area contributed by atoms with Crippen LogP contribution >= 0.6 is 0 Å². The number of nitrogens with one attached hydrogen (secondary N) is 1. The summed E-state index contributed by atoms with van der Waals surface area (Å²) in [6.07, 6.45) is 7.16. The summed E-state index contributed by atoms with van der Waals surface area (Å²) >= 11 is 0. The lowest BCUT2D eigenvalue weighted by molar-refractivity contribution is -0.138. The Bertz CT molecular complexity index is 1160. The van der Waals surface area contributed by atoms with Gasteiger partial charge < -0.3 is 4.90 Å². The molecule has 0 unspecified atom stereocenters. The van der Waals surface area contributed by atoms with Crippen molar-refractivity contribution in [3.63, 3.8) is 0 Å². The largest absolute Gasteiger partial charge is 0.337 e. The Labute approximate surface area is 188 Å².